The molecule has 0 radical (unpaired) electrons. The number of phenols is 1. The van der Waals surface area contributed by atoms with Gasteiger partial charge in [0.15, 0.2) is 18.2 Å². The number of aliphatic hydroxyl groups excluding tert-OH is 5. The molecule has 0 aliphatic carbocycles. The van der Waals surface area contributed by atoms with Crippen LogP contribution in [0, 0.1) is 0 Å². The summed E-state index contributed by atoms with van der Waals surface area (Å²) in [5.74, 6) is 0.348. The number of ether oxygens (including phenoxy) is 5. The van der Waals surface area contributed by atoms with Crippen LogP contribution in [-0.2, 0) is 14.2 Å². The molecule has 0 aromatic heterocycles. The number of aromatic hydroxyl groups is 1. The smallest absolute Gasteiger partial charge is 0.229 e. The predicted molar refractivity (Wildman–Crippen MR) is 128 cm³/mol. The van der Waals surface area contributed by atoms with Gasteiger partial charge in [0, 0.05) is 6.07 Å². The van der Waals surface area contributed by atoms with E-state index in [1.807, 2.05) is 0 Å². The van der Waals surface area contributed by atoms with Crippen LogP contribution in [0.2, 0.25) is 0 Å². The molecule has 2 aromatic carbocycles. The number of fused-ring (bicyclic) bond motifs is 1. The maximum absolute atomic E-state index is 12.5. The summed E-state index contributed by atoms with van der Waals surface area (Å²) in [7, 11) is 0. The third-order valence-corrected chi connectivity index (χ3v) is 7.11. The molecule has 5 rings (SSSR count). The molecule has 0 spiro atoms. The van der Waals surface area contributed by atoms with Crippen molar-refractivity contribution >= 4 is 5.78 Å². The van der Waals surface area contributed by atoms with Gasteiger partial charge in [0.1, 0.15) is 53.4 Å². The molecule has 9 atom stereocenters. The molecule has 3 aliphatic heterocycles. The maximum atomic E-state index is 12.5. The van der Waals surface area contributed by atoms with E-state index in [2.05, 4.69) is 0 Å². The number of ketones is 1. The summed E-state index contributed by atoms with van der Waals surface area (Å²) in [6.45, 7) is -1.88. The monoisotopic (exact) mass is 550 g/mol. The normalized spacial score (nSPS) is 36.3. The first-order valence-electron chi connectivity index (χ1n) is 12.3. The lowest BCUT2D eigenvalue weighted by molar-refractivity contribution is -0.318. The summed E-state index contributed by atoms with van der Waals surface area (Å²) in [6, 6.07) is 10.7. The van der Waals surface area contributed by atoms with Gasteiger partial charge in [-0.2, -0.15) is 0 Å². The first kappa shape index (κ1) is 27.7. The van der Waals surface area contributed by atoms with Crippen molar-refractivity contribution in [2.24, 2.45) is 0 Å². The highest BCUT2D eigenvalue weighted by atomic mass is 16.8. The number of benzene rings is 2. The molecule has 2 saturated heterocycles. The Kier molecular flexibility index (Phi) is 7.79. The molecular formula is C26H30O13. The average Bonchev–Trinajstić information content (AvgIpc) is 3.21. The van der Waals surface area contributed by atoms with E-state index in [1.54, 1.807) is 24.3 Å². The molecule has 212 valence electrons. The quantitative estimate of drug-likeness (QED) is 0.215. The van der Waals surface area contributed by atoms with Crippen LogP contribution in [0.25, 0.3) is 0 Å². The van der Waals surface area contributed by atoms with Gasteiger partial charge in [0.05, 0.1) is 31.8 Å². The number of rotatable bonds is 7. The van der Waals surface area contributed by atoms with Crippen molar-refractivity contribution in [2.45, 2.75) is 61.2 Å². The summed E-state index contributed by atoms with van der Waals surface area (Å²) in [5.41, 5.74) is -0.945. The van der Waals surface area contributed by atoms with Crippen molar-refractivity contribution in [3.05, 3.63) is 53.6 Å². The van der Waals surface area contributed by atoms with Crippen LogP contribution in [0.1, 0.15) is 28.4 Å². The Morgan fingerprint density at radius 3 is 2.41 bits per heavy atom. The summed E-state index contributed by atoms with van der Waals surface area (Å²) >= 11 is 0. The summed E-state index contributed by atoms with van der Waals surface area (Å²) < 4.78 is 28.3. The van der Waals surface area contributed by atoms with Gasteiger partial charge in [-0.1, -0.05) is 12.1 Å². The Bertz CT molecular complexity index is 1170. The Balaban J connectivity index is 1.31. The van der Waals surface area contributed by atoms with Crippen molar-refractivity contribution in [1.29, 1.82) is 0 Å². The summed E-state index contributed by atoms with van der Waals surface area (Å²) in [6.07, 6.45) is -10.9. The van der Waals surface area contributed by atoms with Gasteiger partial charge in [0.25, 0.3) is 0 Å². The second-order valence-corrected chi connectivity index (χ2v) is 9.79. The van der Waals surface area contributed by atoms with Crippen LogP contribution < -0.4 is 9.47 Å². The van der Waals surface area contributed by atoms with Crippen molar-refractivity contribution in [1.82, 2.24) is 0 Å². The third kappa shape index (κ3) is 5.33. The minimum atomic E-state index is -1.98. The van der Waals surface area contributed by atoms with Crippen LogP contribution in [0.4, 0.5) is 0 Å². The van der Waals surface area contributed by atoms with Gasteiger partial charge < -0.3 is 59.4 Å². The summed E-state index contributed by atoms with van der Waals surface area (Å²) in [4.78, 5) is 12.5. The van der Waals surface area contributed by atoms with Gasteiger partial charge >= 0.3 is 0 Å². The highest BCUT2D eigenvalue weighted by molar-refractivity contribution is 6.00. The molecule has 3 aliphatic rings. The maximum Gasteiger partial charge on any atom is 0.229 e. The van der Waals surface area contributed by atoms with Crippen LogP contribution in [0.5, 0.6) is 17.2 Å². The zero-order valence-corrected chi connectivity index (χ0v) is 20.6. The van der Waals surface area contributed by atoms with E-state index < -0.39 is 74.6 Å². The second-order valence-electron chi connectivity index (χ2n) is 9.79. The molecule has 7 N–H and O–H groups in total. The number of carbonyl (C=O) groups excluding carboxylic acids is 1. The number of hydrogen-bond acceptors (Lipinski definition) is 13. The van der Waals surface area contributed by atoms with Gasteiger partial charge in [-0.3, -0.25) is 4.79 Å². The topological polar surface area (TPSA) is 205 Å². The Hall–Kier alpha value is -2.85. The molecule has 0 saturated carbocycles. The van der Waals surface area contributed by atoms with Gasteiger partial charge in [-0.25, -0.2) is 0 Å². The molecule has 13 nitrogen and oxygen atoms in total. The molecule has 1 unspecified atom stereocenters. The van der Waals surface area contributed by atoms with Crippen molar-refractivity contribution < 1.29 is 64.2 Å². The van der Waals surface area contributed by atoms with E-state index in [0.717, 1.165) is 0 Å². The molecule has 0 bridgehead atoms. The zero-order chi connectivity index (χ0) is 27.9. The number of hydrogen-bond donors (Lipinski definition) is 7. The SMILES string of the molecule is O=C1CC(c2ccc(O[C@@H]3O[C@H](CO)[C@@H](O)[C@H](O)[C@H]3O[C@@H]3OC[C@](O)(CO)[C@H]3O)cc2)Oc2cc(O)ccc21. The van der Waals surface area contributed by atoms with E-state index in [4.69, 9.17) is 23.7 Å². The van der Waals surface area contributed by atoms with Gasteiger partial charge in [-0.15, -0.1) is 0 Å². The zero-order valence-electron chi connectivity index (χ0n) is 20.6. The van der Waals surface area contributed by atoms with E-state index in [-0.39, 0.29) is 29.5 Å². The molecule has 39 heavy (non-hydrogen) atoms. The highest BCUT2D eigenvalue weighted by Gasteiger charge is 2.53. The number of carbonyl (C=O) groups is 1. The van der Waals surface area contributed by atoms with Gasteiger partial charge in [0.2, 0.25) is 6.29 Å². The minimum absolute atomic E-state index is 0.0275. The third-order valence-electron chi connectivity index (χ3n) is 7.11. The molecule has 2 fully saturated rings. The van der Waals surface area contributed by atoms with E-state index in [1.165, 1.54) is 18.2 Å². The largest absolute Gasteiger partial charge is 0.508 e. The number of aliphatic hydroxyl groups is 6. The fourth-order valence-corrected chi connectivity index (χ4v) is 4.75. The minimum Gasteiger partial charge on any atom is -0.508 e. The van der Waals surface area contributed by atoms with E-state index in [0.29, 0.717) is 11.1 Å². The fraction of sp³-hybridized carbons (Fsp3) is 0.500. The first-order valence-corrected chi connectivity index (χ1v) is 12.3. The molecule has 13 heteroatoms. The summed E-state index contributed by atoms with van der Waals surface area (Å²) in [5, 5.41) is 70.3. The molecular weight excluding hydrogens is 520 g/mol. The van der Waals surface area contributed by atoms with Crippen molar-refractivity contribution in [2.75, 3.05) is 19.8 Å². The Labute approximate surface area is 222 Å². The lowest BCUT2D eigenvalue weighted by atomic mass is 9.96. The van der Waals surface area contributed by atoms with Crippen LogP contribution in [0.15, 0.2) is 42.5 Å². The number of phenolic OH excluding ortho intramolecular Hbond substituents is 1. The van der Waals surface area contributed by atoms with Crippen molar-refractivity contribution in [3.8, 4) is 17.2 Å². The van der Waals surface area contributed by atoms with Gasteiger partial charge in [-0.05, 0) is 29.8 Å². The average molecular weight is 551 g/mol. The Morgan fingerprint density at radius 1 is 1.00 bits per heavy atom. The van der Waals surface area contributed by atoms with E-state index >= 15 is 0 Å². The standard InChI is InChI=1S/C26H30O13/c27-9-19-20(31)21(32)22(39-25-23(33)26(34,10-28)11-35-25)24(38-19)36-14-4-1-12(2-5-14)17-8-16(30)15-6-3-13(29)7-18(15)37-17/h1-7,17,19-25,27-29,31-34H,8-11H2/t17?,19-,20-,21+,22-,23+,24-,25+,26-/m1/s1. The molecule has 3 heterocycles. The van der Waals surface area contributed by atoms with Crippen LogP contribution >= 0.6 is 0 Å². The molecule has 0 amide bonds. The highest BCUT2D eigenvalue weighted by Crippen LogP contribution is 2.38. The lowest BCUT2D eigenvalue weighted by Gasteiger charge is -2.42. The van der Waals surface area contributed by atoms with Crippen LogP contribution in [-0.4, -0.2) is 110 Å². The second kappa shape index (κ2) is 11.0. The van der Waals surface area contributed by atoms with E-state index in [9.17, 15) is 40.5 Å². The predicted octanol–water partition coefficient (Wildman–Crippen LogP) is -1.26. The van der Waals surface area contributed by atoms with Crippen molar-refractivity contribution in [3.63, 3.8) is 0 Å². The number of Topliss-reactive ketones (excluding diaryl/α,β-unsaturated/α-hetero) is 1. The Morgan fingerprint density at radius 2 is 1.74 bits per heavy atom. The fourth-order valence-electron chi connectivity index (χ4n) is 4.75. The van der Waals surface area contributed by atoms with Crippen LogP contribution in [0.3, 0.4) is 0 Å². The lowest BCUT2D eigenvalue weighted by Crippen LogP contribution is -2.62. The first-order chi connectivity index (χ1) is 18.6. The molecule has 2 aromatic rings.